The van der Waals surface area contributed by atoms with E-state index in [9.17, 15) is 0 Å². The van der Waals surface area contributed by atoms with Gasteiger partial charge in [0.25, 0.3) is 0 Å². The number of hydrogen-bond donors (Lipinski definition) is 2. The molecule has 1 unspecified atom stereocenters. The van der Waals surface area contributed by atoms with Crippen LogP contribution >= 0.6 is 12.6 Å². The van der Waals surface area contributed by atoms with E-state index >= 15 is 0 Å². The van der Waals surface area contributed by atoms with Gasteiger partial charge in [0.05, 0.1) is 25.0 Å². The summed E-state index contributed by atoms with van der Waals surface area (Å²) in [7, 11) is 0. The van der Waals surface area contributed by atoms with Gasteiger partial charge in [-0.05, 0) is 44.4 Å². The molecule has 0 radical (unpaired) electrons. The largest absolute Gasteiger partial charge is 0.490 e. The lowest BCUT2D eigenvalue weighted by Crippen LogP contribution is -2.21. The number of ether oxygens (including phenoxy) is 2. The molecule has 0 saturated heterocycles. The van der Waals surface area contributed by atoms with Gasteiger partial charge in [0.15, 0.2) is 11.5 Å². The van der Waals surface area contributed by atoms with Crippen molar-refractivity contribution < 1.29 is 14.6 Å². The van der Waals surface area contributed by atoms with Crippen LogP contribution in [0.3, 0.4) is 0 Å². The van der Waals surface area contributed by atoms with Crippen molar-refractivity contribution >= 4 is 18.3 Å². The zero-order valence-corrected chi connectivity index (χ0v) is 15.5. The van der Waals surface area contributed by atoms with E-state index in [-0.39, 0.29) is 0 Å². The molecule has 1 aromatic carbocycles. The van der Waals surface area contributed by atoms with E-state index in [1.165, 1.54) is 0 Å². The number of aliphatic imine (C=N–C) groups is 1. The third-order valence-corrected chi connectivity index (χ3v) is 3.67. The Morgan fingerprint density at radius 3 is 2.33 bits per heavy atom. The Bertz CT molecular complexity index is 595. The summed E-state index contributed by atoms with van der Waals surface area (Å²) in [5.74, 6) is 1.45. The highest BCUT2D eigenvalue weighted by Gasteiger charge is 2.22. The van der Waals surface area contributed by atoms with Crippen molar-refractivity contribution in [2.75, 3.05) is 26.4 Å². The molecule has 0 fully saturated rings. The highest BCUT2D eigenvalue weighted by atomic mass is 32.1. The van der Waals surface area contributed by atoms with Crippen LogP contribution in [0.1, 0.15) is 38.3 Å². The molecule has 1 atom stereocenters. The van der Waals surface area contributed by atoms with Gasteiger partial charge in [0.1, 0.15) is 5.25 Å². The van der Waals surface area contributed by atoms with Crippen LogP contribution in [0.4, 0.5) is 0 Å². The molecule has 2 rings (SSSR count). The molecule has 6 heteroatoms. The number of hydrogen-bond acceptors (Lipinski definition) is 6. The molecular weight excluding hydrogens is 324 g/mol. The highest BCUT2D eigenvalue weighted by Crippen LogP contribution is 2.34. The first-order valence-electron chi connectivity index (χ1n) is 8.28. The van der Waals surface area contributed by atoms with Crippen molar-refractivity contribution in [3.8, 4) is 17.6 Å². The summed E-state index contributed by atoms with van der Waals surface area (Å²) in [6.07, 6.45) is 1.72. The fourth-order valence-electron chi connectivity index (χ4n) is 2.26. The van der Waals surface area contributed by atoms with Crippen molar-refractivity contribution in [3.05, 3.63) is 23.3 Å². The van der Waals surface area contributed by atoms with Crippen LogP contribution in [-0.4, -0.2) is 42.4 Å². The predicted octanol–water partition coefficient (Wildman–Crippen LogP) is 3.04. The molecule has 0 amide bonds. The topological polar surface area (TPSA) is 74.8 Å². The minimum Gasteiger partial charge on any atom is -0.490 e. The van der Waals surface area contributed by atoms with Crippen molar-refractivity contribution in [3.63, 3.8) is 0 Å². The maximum atomic E-state index is 9.06. The van der Waals surface area contributed by atoms with Gasteiger partial charge in [0.2, 0.25) is 0 Å². The molecule has 1 aliphatic heterocycles. The molecule has 0 aromatic heterocycles. The van der Waals surface area contributed by atoms with Gasteiger partial charge in [-0.15, -0.1) is 0 Å². The average molecular weight is 350 g/mol. The molecule has 0 saturated carbocycles. The number of nitrogens with zero attached hydrogens (tertiary/aromatic N) is 2. The Morgan fingerprint density at radius 1 is 1.25 bits per heavy atom. The van der Waals surface area contributed by atoms with Crippen LogP contribution in [-0.2, 0) is 6.42 Å². The number of aliphatic hydroxyl groups is 1. The molecule has 0 spiro atoms. The first-order chi connectivity index (χ1) is 11.6. The molecule has 1 N–H and O–H groups in total. The Morgan fingerprint density at radius 2 is 1.83 bits per heavy atom. The van der Waals surface area contributed by atoms with E-state index in [0.717, 1.165) is 35.4 Å². The summed E-state index contributed by atoms with van der Waals surface area (Å²) in [6, 6.07) is 6.04. The first-order valence-corrected chi connectivity index (χ1v) is 8.80. The van der Waals surface area contributed by atoms with Crippen molar-refractivity contribution in [1.29, 1.82) is 5.26 Å². The Balaban J connectivity index is 0.000000648. The zero-order chi connectivity index (χ0) is 17.9. The number of nitriles is 1. The Kier molecular flexibility index (Phi) is 9.28. The first kappa shape index (κ1) is 20.3. The van der Waals surface area contributed by atoms with Crippen LogP contribution in [0.2, 0.25) is 0 Å². The fourth-order valence-corrected chi connectivity index (χ4v) is 2.48. The predicted molar refractivity (Wildman–Crippen MR) is 99.7 cm³/mol. The second kappa shape index (κ2) is 11.0. The van der Waals surface area contributed by atoms with Crippen molar-refractivity contribution in [2.45, 2.75) is 38.9 Å². The molecular formula is C18H26N2O3S. The summed E-state index contributed by atoms with van der Waals surface area (Å²) in [6.45, 7) is 7.96. The number of benzene rings is 1. The van der Waals surface area contributed by atoms with E-state index in [1.807, 2.05) is 32.9 Å². The van der Waals surface area contributed by atoms with E-state index in [4.69, 9.17) is 19.8 Å². The standard InChI is InChI=1S/C15H18N2O2S.C3H8O/c1-3-18-12-7-10-5-6-17-15(14(20)9-16)11(10)8-13(12)19-4-2;1-2-3-4/h7-8,14,20H,3-6H2,1-2H3;4H,2-3H2,1H3. The molecule has 0 aliphatic carbocycles. The molecule has 24 heavy (non-hydrogen) atoms. The lowest BCUT2D eigenvalue weighted by molar-refractivity contribution is 0.287. The normalized spacial score (nSPS) is 13.6. The lowest BCUT2D eigenvalue weighted by Gasteiger charge is -2.21. The molecule has 0 bridgehead atoms. The highest BCUT2D eigenvalue weighted by molar-refractivity contribution is 7.82. The third-order valence-electron chi connectivity index (χ3n) is 3.31. The summed E-state index contributed by atoms with van der Waals surface area (Å²) < 4.78 is 11.3. The van der Waals surface area contributed by atoms with Gasteiger partial charge in [-0.3, -0.25) is 4.99 Å². The Hall–Kier alpha value is -1.71. The van der Waals surface area contributed by atoms with Gasteiger partial charge in [-0.2, -0.15) is 17.9 Å². The number of aliphatic hydroxyl groups excluding tert-OH is 1. The van der Waals surface area contributed by atoms with E-state index in [2.05, 4.69) is 23.7 Å². The maximum Gasteiger partial charge on any atom is 0.161 e. The van der Waals surface area contributed by atoms with Gasteiger partial charge >= 0.3 is 0 Å². The van der Waals surface area contributed by atoms with Crippen LogP contribution < -0.4 is 9.47 Å². The average Bonchev–Trinajstić information content (AvgIpc) is 2.61. The quantitative estimate of drug-likeness (QED) is 0.773. The number of thiol groups is 1. The van der Waals surface area contributed by atoms with E-state index in [1.54, 1.807) is 0 Å². The minimum absolute atomic E-state index is 0.319. The second-order valence-corrected chi connectivity index (χ2v) is 5.61. The molecule has 132 valence electrons. The zero-order valence-electron chi connectivity index (χ0n) is 14.6. The SMILES string of the molecule is CCCO.CCOc1cc2c(cc1OCC)C(C(S)C#N)=NCC2. The molecule has 1 aliphatic rings. The summed E-state index contributed by atoms with van der Waals surface area (Å²) in [5.41, 5.74) is 2.81. The molecule has 1 heterocycles. The molecule has 1 aromatic rings. The monoisotopic (exact) mass is 350 g/mol. The summed E-state index contributed by atoms with van der Waals surface area (Å²) in [5, 5.41) is 16.4. The smallest absolute Gasteiger partial charge is 0.161 e. The van der Waals surface area contributed by atoms with E-state index < -0.39 is 5.25 Å². The van der Waals surface area contributed by atoms with Crippen LogP contribution in [0.25, 0.3) is 0 Å². The number of fused-ring (bicyclic) bond motifs is 1. The van der Waals surface area contributed by atoms with Crippen LogP contribution in [0.15, 0.2) is 17.1 Å². The van der Waals surface area contributed by atoms with Gasteiger partial charge < -0.3 is 14.6 Å². The Labute approximate surface area is 149 Å². The number of rotatable bonds is 6. The van der Waals surface area contributed by atoms with Crippen molar-refractivity contribution in [2.24, 2.45) is 4.99 Å². The summed E-state index contributed by atoms with van der Waals surface area (Å²) >= 11 is 4.29. The summed E-state index contributed by atoms with van der Waals surface area (Å²) in [4.78, 5) is 4.44. The fraction of sp³-hybridized carbons (Fsp3) is 0.556. The van der Waals surface area contributed by atoms with Crippen molar-refractivity contribution in [1.82, 2.24) is 0 Å². The van der Waals surface area contributed by atoms with Crippen LogP contribution in [0.5, 0.6) is 11.5 Å². The van der Waals surface area contributed by atoms with Gasteiger partial charge in [0, 0.05) is 18.7 Å². The molecule has 5 nitrogen and oxygen atoms in total. The third kappa shape index (κ3) is 5.43. The second-order valence-electron chi connectivity index (χ2n) is 5.09. The minimum atomic E-state index is -0.513. The van der Waals surface area contributed by atoms with E-state index in [0.29, 0.717) is 32.1 Å². The van der Waals surface area contributed by atoms with Crippen LogP contribution in [0, 0.1) is 11.3 Å². The maximum absolute atomic E-state index is 9.06. The van der Waals surface area contributed by atoms with Gasteiger partial charge in [-0.25, -0.2) is 0 Å². The van der Waals surface area contributed by atoms with Gasteiger partial charge in [-0.1, -0.05) is 6.92 Å². The lowest BCUT2D eigenvalue weighted by atomic mass is 9.95.